The molecule has 0 aromatic heterocycles. The summed E-state index contributed by atoms with van der Waals surface area (Å²) in [6, 6.07) is 13.6. The number of amides is 2. The van der Waals surface area contributed by atoms with Crippen molar-refractivity contribution in [1.82, 2.24) is 0 Å². The van der Waals surface area contributed by atoms with Crippen molar-refractivity contribution in [3.63, 3.8) is 0 Å². The highest BCUT2D eigenvalue weighted by Gasteiger charge is 2.24. The van der Waals surface area contributed by atoms with Gasteiger partial charge in [0.05, 0.1) is 0 Å². The molecule has 0 aliphatic rings. The number of sulfone groups is 1. The normalized spacial score (nSPS) is 11.0. The minimum absolute atomic E-state index is 0.275. The Hall–Kier alpha value is -2.74. The maximum atomic E-state index is 12.8. The lowest BCUT2D eigenvalue weighted by atomic mass is 10.3. The van der Waals surface area contributed by atoms with Crippen LogP contribution in [0.25, 0.3) is 0 Å². The molecule has 0 saturated heterocycles. The average molecular weight is 378 g/mol. The topological polar surface area (TPSA) is 83.6 Å². The number of benzene rings is 2. The second kappa shape index (κ2) is 8.57. The van der Waals surface area contributed by atoms with Crippen molar-refractivity contribution < 1.29 is 22.4 Å². The van der Waals surface area contributed by atoms with E-state index in [0.29, 0.717) is 12.2 Å². The predicted molar refractivity (Wildman–Crippen MR) is 98.2 cm³/mol. The van der Waals surface area contributed by atoms with Gasteiger partial charge in [0, 0.05) is 17.9 Å². The van der Waals surface area contributed by atoms with Gasteiger partial charge in [0.15, 0.2) is 9.84 Å². The minimum Gasteiger partial charge on any atom is -0.325 e. The lowest BCUT2D eigenvalue weighted by Gasteiger charge is -2.20. The fraction of sp³-hybridized carbons (Fsp3) is 0.222. The molecule has 0 saturated carbocycles. The highest BCUT2D eigenvalue weighted by atomic mass is 32.2. The number of carbonyl (C=O) groups excluding carboxylic acids is 2. The Morgan fingerprint density at radius 1 is 1.00 bits per heavy atom. The van der Waals surface area contributed by atoms with Gasteiger partial charge in [-0.25, -0.2) is 12.8 Å². The van der Waals surface area contributed by atoms with Crippen molar-refractivity contribution in [3.05, 3.63) is 60.4 Å². The number of hydrogen-bond donors (Lipinski definition) is 1. The Labute approximate surface area is 151 Å². The summed E-state index contributed by atoms with van der Waals surface area (Å²) in [5, 5.41) is 2.36. The number of para-hydroxylation sites is 1. The molecule has 1 N–H and O–H groups in total. The van der Waals surface area contributed by atoms with E-state index in [4.69, 9.17) is 0 Å². The molecular formula is C18H19FN2O4S. The maximum absolute atomic E-state index is 12.8. The minimum atomic E-state index is -3.95. The van der Waals surface area contributed by atoms with Crippen LogP contribution in [0.3, 0.4) is 0 Å². The first kappa shape index (κ1) is 19.6. The van der Waals surface area contributed by atoms with Crippen LogP contribution in [0, 0.1) is 5.82 Å². The van der Waals surface area contributed by atoms with Gasteiger partial charge in [0.25, 0.3) is 0 Å². The molecule has 2 amide bonds. The largest absolute Gasteiger partial charge is 0.325 e. The summed E-state index contributed by atoms with van der Waals surface area (Å²) < 4.78 is 37.2. The molecule has 2 aromatic rings. The van der Waals surface area contributed by atoms with E-state index in [1.54, 1.807) is 37.3 Å². The molecule has 0 heterocycles. The molecule has 0 bridgehead atoms. The van der Waals surface area contributed by atoms with Crippen molar-refractivity contribution in [1.29, 1.82) is 0 Å². The Morgan fingerprint density at radius 2 is 1.62 bits per heavy atom. The van der Waals surface area contributed by atoms with Crippen LogP contribution in [0.5, 0.6) is 0 Å². The van der Waals surface area contributed by atoms with Gasteiger partial charge in [-0.05, 0) is 43.3 Å². The lowest BCUT2D eigenvalue weighted by molar-refractivity contribution is -0.116. The Balaban J connectivity index is 1.99. The fourth-order valence-corrected chi connectivity index (χ4v) is 3.46. The van der Waals surface area contributed by atoms with Crippen LogP contribution in [0.2, 0.25) is 0 Å². The summed E-state index contributed by atoms with van der Waals surface area (Å²) in [6.07, 6.45) is 0. The van der Waals surface area contributed by atoms with Crippen molar-refractivity contribution in [2.75, 3.05) is 28.3 Å². The highest BCUT2D eigenvalue weighted by Crippen LogP contribution is 2.14. The van der Waals surface area contributed by atoms with E-state index in [0.717, 1.165) is 12.1 Å². The van der Waals surface area contributed by atoms with Crippen LogP contribution >= 0.6 is 0 Å². The van der Waals surface area contributed by atoms with Gasteiger partial charge >= 0.3 is 0 Å². The molecule has 0 radical (unpaired) electrons. The molecule has 26 heavy (non-hydrogen) atoms. The molecule has 138 valence electrons. The van der Waals surface area contributed by atoms with Crippen molar-refractivity contribution in [2.24, 2.45) is 0 Å². The van der Waals surface area contributed by atoms with Gasteiger partial charge in [-0.2, -0.15) is 0 Å². The number of hydrogen-bond acceptors (Lipinski definition) is 4. The van der Waals surface area contributed by atoms with E-state index < -0.39 is 39.0 Å². The zero-order chi connectivity index (χ0) is 19.2. The van der Waals surface area contributed by atoms with Gasteiger partial charge in [-0.1, -0.05) is 18.2 Å². The molecule has 2 rings (SSSR count). The zero-order valence-electron chi connectivity index (χ0n) is 14.2. The monoisotopic (exact) mass is 378 g/mol. The predicted octanol–water partition coefficient (Wildman–Crippen LogP) is 2.23. The van der Waals surface area contributed by atoms with Crippen LogP contribution in [0.1, 0.15) is 6.92 Å². The maximum Gasteiger partial charge on any atom is 0.242 e. The van der Waals surface area contributed by atoms with Crippen molar-refractivity contribution in [2.45, 2.75) is 6.92 Å². The summed E-state index contributed by atoms with van der Waals surface area (Å²) >= 11 is 0. The molecule has 0 unspecified atom stereocenters. The Kier molecular flexibility index (Phi) is 6.46. The highest BCUT2D eigenvalue weighted by molar-refractivity contribution is 7.92. The third-order valence-corrected chi connectivity index (χ3v) is 4.90. The number of anilines is 2. The van der Waals surface area contributed by atoms with E-state index in [-0.39, 0.29) is 5.69 Å². The zero-order valence-corrected chi connectivity index (χ0v) is 15.0. The molecule has 0 fully saturated rings. The first-order chi connectivity index (χ1) is 12.3. The molecule has 0 aliphatic carbocycles. The second-order valence-corrected chi connectivity index (χ2v) is 7.63. The van der Waals surface area contributed by atoms with Crippen LogP contribution in [0.15, 0.2) is 54.6 Å². The standard InChI is InChI=1S/C18H19FN2O4S/c1-2-21(16-6-4-3-5-7-16)18(23)13-26(24,25)12-17(22)20-15-10-8-14(19)9-11-15/h3-11H,2,12-13H2,1H3,(H,20,22). The average Bonchev–Trinajstić information content (AvgIpc) is 2.57. The smallest absolute Gasteiger partial charge is 0.242 e. The van der Waals surface area contributed by atoms with E-state index in [9.17, 15) is 22.4 Å². The van der Waals surface area contributed by atoms with Crippen LogP contribution in [-0.2, 0) is 19.4 Å². The third kappa shape index (κ3) is 5.66. The number of carbonyl (C=O) groups is 2. The number of nitrogens with one attached hydrogen (secondary N) is 1. The fourth-order valence-electron chi connectivity index (χ4n) is 2.36. The Bertz CT molecular complexity index is 868. The van der Waals surface area contributed by atoms with Crippen LogP contribution in [0.4, 0.5) is 15.8 Å². The molecule has 0 spiro atoms. The molecule has 6 nitrogen and oxygen atoms in total. The van der Waals surface area contributed by atoms with E-state index in [2.05, 4.69) is 5.32 Å². The molecule has 8 heteroatoms. The molecule has 0 atom stereocenters. The van der Waals surface area contributed by atoms with Gasteiger partial charge in [0.1, 0.15) is 17.3 Å². The first-order valence-electron chi connectivity index (χ1n) is 7.92. The summed E-state index contributed by atoms with van der Waals surface area (Å²) in [5.41, 5.74) is 0.864. The summed E-state index contributed by atoms with van der Waals surface area (Å²) in [4.78, 5) is 25.6. The summed E-state index contributed by atoms with van der Waals surface area (Å²) in [5.74, 6) is -3.46. The second-order valence-electron chi connectivity index (χ2n) is 5.56. The number of halogens is 1. The summed E-state index contributed by atoms with van der Waals surface area (Å²) in [7, 11) is -3.95. The lowest BCUT2D eigenvalue weighted by Crippen LogP contribution is -2.37. The number of rotatable bonds is 7. The van der Waals surface area contributed by atoms with Gasteiger partial charge in [-0.3, -0.25) is 9.59 Å². The third-order valence-electron chi connectivity index (χ3n) is 3.51. The van der Waals surface area contributed by atoms with E-state index in [1.165, 1.54) is 17.0 Å². The van der Waals surface area contributed by atoms with Crippen LogP contribution < -0.4 is 10.2 Å². The summed E-state index contributed by atoms with van der Waals surface area (Å²) in [6.45, 7) is 2.04. The van der Waals surface area contributed by atoms with Crippen molar-refractivity contribution in [3.8, 4) is 0 Å². The van der Waals surface area contributed by atoms with Gasteiger partial charge < -0.3 is 10.2 Å². The van der Waals surface area contributed by atoms with Crippen LogP contribution in [-0.4, -0.2) is 38.3 Å². The molecular weight excluding hydrogens is 359 g/mol. The van der Waals surface area contributed by atoms with Crippen molar-refractivity contribution >= 4 is 33.0 Å². The van der Waals surface area contributed by atoms with E-state index in [1.807, 2.05) is 0 Å². The molecule has 0 aliphatic heterocycles. The van der Waals surface area contributed by atoms with Gasteiger partial charge in [-0.15, -0.1) is 0 Å². The first-order valence-corrected chi connectivity index (χ1v) is 9.74. The number of nitrogens with zero attached hydrogens (tertiary/aromatic N) is 1. The van der Waals surface area contributed by atoms with Gasteiger partial charge in [0.2, 0.25) is 11.8 Å². The molecule has 2 aromatic carbocycles. The Morgan fingerprint density at radius 3 is 2.19 bits per heavy atom. The SMILES string of the molecule is CCN(C(=O)CS(=O)(=O)CC(=O)Nc1ccc(F)cc1)c1ccccc1. The van der Waals surface area contributed by atoms with E-state index >= 15 is 0 Å². The quantitative estimate of drug-likeness (QED) is 0.801.